The summed E-state index contributed by atoms with van der Waals surface area (Å²) in [6, 6.07) is 5.17. The summed E-state index contributed by atoms with van der Waals surface area (Å²) in [7, 11) is 1.82. The molecule has 0 fully saturated rings. The number of anilines is 1. The molecule has 1 amide bonds. The second kappa shape index (κ2) is 6.24. The maximum absolute atomic E-state index is 11.7. The van der Waals surface area contributed by atoms with Crippen LogP contribution in [-0.2, 0) is 21.3 Å². The average Bonchev–Trinajstić information content (AvgIpc) is 2.27. The minimum Gasteiger partial charge on any atom is -0.497 e. The molecule has 0 heterocycles. The zero-order chi connectivity index (χ0) is 12.8. The van der Waals surface area contributed by atoms with Crippen molar-refractivity contribution in [2.75, 3.05) is 25.6 Å². The topological polar surface area (TPSA) is 81.4 Å². The minimum atomic E-state index is -1.24. The Hall–Kier alpha value is -1.56. The number of methoxy groups -OCH3 is 1. The predicted molar refractivity (Wildman–Crippen MR) is 68.2 cm³/mol. The van der Waals surface area contributed by atoms with Crippen LogP contribution < -0.4 is 15.8 Å². The van der Waals surface area contributed by atoms with Gasteiger partial charge in [-0.3, -0.25) is 9.00 Å². The van der Waals surface area contributed by atoms with Crippen molar-refractivity contribution in [1.82, 2.24) is 5.32 Å². The van der Waals surface area contributed by atoms with Gasteiger partial charge in [0.05, 0.1) is 7.11 Å². The van der Waals surface area contributed by atoms with Crippen LogP contribution in [0.4, 0.5) is 5.69 Å². The lowest BCUT2D eigenvalue weighted by Crippen LogP contribution is -2.24. The van der Waals surface area contributed by atoms with Gasteiger partial charge < -0.3 is 15.8 Å². The van der Waals surface area contributed by atoms with Crippen LogP contribution in [0.3, 0.4) is 0 Å². The van der Waals surface area contributed by atoms with Crippen LogP contribution in [0.15, 0.2) is 18.2 Å². The number of rotatable bonds is 5. The van der Waals surface area contributed by atoms with Crippen molar-refractivity contribution in [1.29, 1.82) is 0 Å². The Morgan fingerprint density at radius 1 is 1.47 bits per heavy atom. The molecule has 0 radical (unpaired) electrons. The number of nitrogen functional groups attached to an aromatic ring is 1. The van der Waals surface area contributed by atoms with Crippen LogP contribution in [0.2, 0.25) is 0 Å². The van der Waals surface area contributed by atoms with Crippen molar-refractivity contribution in [3.05, 3.63) is 23.8 Å². The third-order valence-electron chi connectivity index (χ3n) is 2.12. The molecule has 0 saturated heterocycles. The van der Waals surface area contributed by atoms with Crippen molar-refractivity contribution >= 4 is 22.4 Å². The highest BCUT2D eigenvalue weighted by molar-refractivity contribution is 7.84. The molecule has 1 aromatic rings. The Balaban J connectivity index is 2.71. The van der Waals surface area contributed by atoms with Gasteiger partial charge in [0.25, 0.3) is 0 Å². The van der Waals surface area contributed by atoms with Gasteiger partial charge in [0.15, 0.2) is 0 Å². The molecule has 0 aliphatic heterocycles. The standard InChI is InChI=1S/C11H16N2O3S/c1-13-11(14)7-17(15)6-8-3-9(12)5-10(4-8)16-2/h3-5H,6-7,12H2,1-2H3,(H,13,14). The van der Waals surface area contributed by atoms with Gasteiger partial charge in [-0.25, -0.2) is 0 Å². The Labute approximate surface area is 103 Å². The van der Waals surface area contributed by atoms with Gasteiger partial charge in [-0.05, 0) is 17.7 Å². The lowest BCUT2D eigenvalue weighted by Gasteiger charge is -2.06. The summed E-state index contributed by atoms with van der Waals surface area (Å²) in [6.07, 6.45) is 0. The Kier molecular flexibility index (Phi) is 4.96. The summed E-state index contributed by atoms with van der Waals surface area (Å²) >= 11 is 0. The van der Waals surface area contributed by atoms with Gasteiger partial charge in [0.2, 0.25) is 5.91 Å². The number of nitrogens with two attached hydrogens (primary N) is 1. The number of carbonyl (C=O) groups excluding carboxylic acids is 1. The molecule has 5 nitrogen and oxygen atoms in total. The molecule has 6 heteroatoms. The molecule has 1 rings (SSSR count). The molecule has 17 heavy (non-hydrogen) atoms. The number of carbonyl (C=O) groups is 1. The molecular weight excluding hydrogens is 240 g/mol. The Bertz CT molecular complexity index is 435. The third-order valence-corrected chi connectivity index (χ3v) is 3.36. The number of hydrogen-bond acceptors (Lipinski definition) is 4. The smallest absolute Gasteiger partial charge is 0.232 e. The average molecular weight is 256 g/mol. The Morgan fingerprint density at radius 2 is 2.18 bits per heavy atom. The summed E-state index contributed by atoms with van der Waals surface area (Å²) in [5.41, 5.74) is 7.03. The van der Waals surface area contributed by atoms with Crippen LogP contribution in [0.5, 0.6) is 5.75 Å². The number of benzene rings is 1. The van der Waals surface area contributed by atoms with Gasteiger partial charge in [-0.15, -0.1) is 0 Å². The third kappa shape index (κ3) is 4.44. The van der Waals surface area contributed by atoms with E-state index in [2.05, 4.69) is 5.32 Å². The Morgan fingerprint density at radius 3 is 2.76 bits per heavy atom. The molecule has 0 aromatic heterocycles. The lowest BCUT2D eigenvalue weighted by atomic mass is 10.2. The molecule has 3 N–H and O–H groups in total. The van der Waals surface area contributed by atoms with Crippen LogP contribution in [-0.4, -0.2) is 30.0 Å². The molecule has 0 saturated carbocycles. The van der Waals surface area contributed by atoms with Crippen LogP contribution in [0.25, 0.3) is 0 Å². The monoisotopic (exact) mass is 256 g/mol. The minimum absolute atomic E-state index is 0.00633. The number of ether oxygens (including phenoxy) is 1. The van der Waals surface area contributed by atoms with Crippen molar-refractivity contribution in [2.24, 2.45) is 0 Å². The van der Waals surface area contributed by atoms with E-state index < -0.39 is 10.8 Å². The first-order valence-electron chi connectivity index (χ1n) is 5.04. The van der Waals surface area contributed by atoms with Crippen molar-refractivity contribution < 1.29 is 13.7 Å². The second-order valence-electron chi connectivity index (χ2n) is 3.52. The second-order valence-corrected chi connectivity index (χ2v) is 4.97. The number of hydrogen-bond donors (Lipinski definition) is 2. The van der Waals surface area contributed by atoms with E-state index in [4.69, 9.17) is 10.5 Å². The van der Waals surface area contributed by atoms with E-state index >= 15 is 0 Å². The van der Waals surface area contributed by atoms with E-state index in [-0.39, 0.29) is 17.4 Å². The van der Waals surface area contributed by atoms with Crippen LogP contribution in [0.1, 0.15) is 5.56 Å². The van der Waals surface area contributed by atoms with Gasteiger partial charge in [-0.2, -0.15) is 0 Å². The summed E-state index contributed by atoms with van der Waals surface area (Å²) < 4.78 is 16.7. The SMILES string of the molecule is CNC(=O)CS(=O)Cc1cc(N)cc(OC)c1. The van der Waals surface area contributed by atoms with Gasteiger partial charge in [-0.1, -0.05) is 0 Å². The molecule has 1 aromatic carbocycles. The molecule has 0 bridgehead atoms. The fourth-order valence-electron chi connectivity index (χ4n) is 1.34. The molecule has 1 atom stereocenters. The van der Waals surface area contributed by atoms with Gasteiger partial charge in [0.1, 0.15) is 11.5 Å². The largest absolute Gasteiger partial charge is 0.497 e. The van der Waals surface area contributed by atoms with Gasteiger partial charge >= 0.3 is 0 Å². The zero-order valence-electron chi connectivity index (χ0n) is 9.86. The quantitative estimate of drug-likeness (QED) is 0.741. The first kappa shape index (κ1) is 13.5. The summed E-state index contributed by atoms with van der Waals surface area (Å²) in [6.45, 7) is 0. The van der Waals surface area contributed by atoms with Crippen molar-refractivity contribution in [3.8, 4) is 5.75 Å². The predicted octanol–water partition coefficient (Wildman–Crippen LogP) is 0.272. The molecule has 94 valence electrons. The van der Waals surface area contributed by atoms with Crippen LogP contribution in [0, 0.1) is 0 Å². The van der Waals surface area contributed by atoms with E-state index in [1.807, 2.05) is 0 Å². The molecule has 0 aliphatic rings. The summed E-state index contributed by atoms with van der Waals surface area (Å²) in [4.78, 5) is 11.0. The first-order chi connectivity index (χ1) is 8.05. The number of nitrogens with one attached hydrogen (secondary N) is 1. The molecule has 1 unspecified atom stereocenters. The fourth-order valence-corrected chi connectivity index (χ4v) is 2.42. The summed E-state index contributed by atoms with van der Waals surface area (Å²) in [5, 5.41) is 2.43. The summed E-state index contributed by atoms with van der Waals surface area (Å²) in [5.74, 6) is 0.666. The zero-order valence-corrected chi connectivity index (χ0v) is 10.7. The fraction of sp³-hybridized carbons (Fsp3) is 0.364. The van der Waals surface area contributed by atoms with E-state index in [1.165, 1.54) is 7.05 Å². The maximum atomic E-state index is 11.7. The first-order valence-corrected chi connectivity index (χ1v) is 6.53. The van der Waals surface area contributed by atoms with E-state index in [0.29, 0.717) is 11.4 Å². The highest BCUT2D eigenvalue weighted by atomic mass is 32.2. The van der Waals surface area contributed by atoms with Crippen LogP contribution >= 0.6 is 0 Å². The van der Waals surface area contributed by atoms with E-state index in [0.717, 1.165) is 5.56 Å². The lowest BCUT2D eigenvalue weighted by molar-refractivity contribution is -0.118. The van der Waals surface area contributed by atoms with Crippen molar-refractivity contribution in [3.63, 3.8) is 0 Å². The van der Waals surface area contributed by atoms with E-state index in [1.54, 1.807) is 25.3 Å². The van der Waals surface area contributed by atoms with Crippen molar-refractivity contribution in [2.45, 2.75) is 5.75 Å². The molecule has 0 aliphatic carbocycles. The molecular formula is C11H16N2O3S. The maximum Gasteiger partial charge on any atom is 0.232 e. The normalized spacial score (nSPS) is 11.9. The number of amides is 1. The van der Waals surface area contributed by atoms with Gasteiger partial charge in [0, 0.05) is 35.4 Å². The van der Waals surface area contributed by atoms with E-state index in [9.17, 15) is 9.00 Å². The highest BCUT2D eigenvalue weighted by Crippen LogP contribution is 2.19. The molecule has 0 spiro atoms. The highest BCUT2D eigenvalue weighted by Gasteiger charge is 2.08.